The monoisotopic (exact) mass is 632 g/mol. The van der Waals surface area contributed by atoms with Gasteiger partial charge < -0.3 is 28.8 Å². The standard InChI is InChI=1S/C34H69N2O6P/c1-6-8-10-12-14-16-18-19-21-23-25-27-33(37)32(31-42-43(39,40)41-30-29-36(3,4)5)35-34(38)28-26-24-22-20-17-15-13-11-9-7-2/h25,27,32-33,37H,6-24,26,28-31H2,1-5H3,(H-,35,38,39,40)/b27-25+/t32-,33+/m0/s1. The number of likely N-dealkylation sites (N-methyl/N-ethyl adjacent to an activating group) is 1. The van der Waals surface area contributed by atoms with Gasteiger partial charge in [0.25, 0.3) is 7.82 Å². The molecule has 0 aliphatic heterocycles. The van der Waals surface area contributed by atoms with E-state index < -0.39 is 20.0 Å². The normalized spacial score (nSPS) is 15.0. The lowest BCUT2D eigenvalue weighted by Gasteiger charge is -2.29. The molecule has 0 aromatic carbocycles. The minimum absolute atomic E-state index is 0.00123. The number of carbonyl (C=O) groups excluding carboxylic acids is 1. The van der Waals surface area contributed by atoms with Crippen LogP contribution in [0.15, 0.2) is 12.2 Å². The fourth-order valence-electron chi connectivity index (χ4n) is 4.86. The van der Waals surface area contributed by atoms with Gasteiger partial charge in [-0.3, -0.25) is 9.36 Å². The number of carbonyl (C=O) groups is 1. The van der Waals surface area contributed by atoms with E-state index in [0.717, 1.165) is 38.5 Å². The summed E-state index contributed by atoms with van der Waals surface area (Å²) in [4.78, 5) is 25.0. The summed E-state index contributed by atoms with van der Waals surface area (Å²) in [5, 5.41) is 13.6. The zero-order valence-electron chi connectivity index (χ0n) is 28.7. The van der Waals surface area contributed by atoms with E-state index in [4.69, 9.17) is 9.05 Å². The summed E-state index contributed by atoms with van der Waals surface area (Å²) in [5.74, 6) is -0.203. The van der Waals surface area contributed by atoms with E-state index in [1.54, 1.807) is 6.08 Å². The Labute approximate surface area is 265 Å². The van der Waals surface area contributed by atoms with Crippen LogP contribution in [0.25, 0.3) is 0 Å². The van der Waals surface area contributed by atoms with Gasteiger partial charge in [0, 0.05) is 6.42 Å². The molecule has 0 radical (unpaired) electrons. The van der Waals surface area contributed by atoms with Crippen molar-refractivity contribution in [3.05, 3.63) is 12.2 Å². The molecule has 3 atom stereocenters. The van der Waals surface area contributed by atoms with Crippen molar-refractivity contribution in [1.82, 2.24) is 5.32 Å². The van der Waals surface area contributed by atoms with Crippen LogP contribution in [0.1, 0.15) is 149 Å². The molecule has 0 bridgehead atoms. The summed E-state index contributed by atoms with van der Waals surface area (Å²) < 4.78 is 23.0. The van der Waals surface area contributed by atoms with Crippen LogP contribution in [0.3, 0.4) is 0 Å². The molecule has 0 spiro atoms. The second-order valence-electron chi connectivity index (χ2n) is 13.2. The quantitative estimate of drug-likeness (QED) is 0.0349. The number of nitrogens with zero attached hydrogens (tertiary/aromatic N) is 1. The number of nitrogens with one attached hydrogen (secondary N) is 1. The molecule has 256 valence electrons. The van der Waals surface area contributed by atoms with E-state index in [-0.39, 0.29) is 19.1 Å². The first-order valence-electron chi connectivity index (χ1n) is 17.6. The number of amides is 1. The first-order valence-corrected chi connectivity index (χ1v) is 19.0. The average Bonchev–Trinajstić information content (AvgIpc) is 2.94. The summed E-state index contributed by atoms with van der Waals surface area (Å²) in [6.07, 6.45) is 26.8. The SMILES string of the molecule is CCCCCCCCCCC/C=C/[C@@H](O)[C@H](COP(=O)([O-])OCC[N+](C)(C)C)NC(=O)CCCCCCCCCCCC. The number of phosphoric ester groups is 1. The van der Waals surface area contributed by atoms with Gasteiger partial charge in [-0.1, -0.05) is 135 Å². The topological polar surface area (TPSA) is 108 Å². The number of phosphoric acid groups is 1. The smallest absolute Gasteiger partial charge is 0.268 e. The maximum Gasteiger partial charge on any atom is 0.268 e. The molecule has 0 aliphatic carbocycles. The fraction of sp³-hybridized carbons (Fsp3) is 0.912. The lowest BCUT2D eigenvalue weighted by Crippen LogP contribution is -2.45. The molecule has 0 heterocycles. The lowest BCUT2D eigenvalue weighted by molar-refractivity contribution is -0.870. The Morgan fingerprint density at radius 1 is 0.791 bits per heavy atom. The lowest BCUT2D eigenvalue weighted by atomic mass is 10.1. The number of unbranched alkanes of at least 4 members (excludes halogenated alkanes) is 18. The summed E-state index contributed by atoms with van der Waals surface area (Å²) in [5.41, 5.74) is 0. The first-order chi connectivity index (χ1) is 20.5. The van der Waals surface area contributed by atoms with Gasteiger partial charge in [-0.2, -0.15) is 0 Å². The Balaban J connectivity index is 4.61. The van der Waals surface area contributed by atoms with Crippen LogP contribution in [-0.4, -0.2) is 68.5 Å². The van der Waals surface area contributed by atoms with E-state index in [0.29, 0.717) is 17.4 Å². The third kappa shape index (κ3) is 29.7. The third-order valence-electron chi connectivity index (χ3n) is 7.75. The van der Waals surface area contributed by atoms with Crippen molar-refractivity contribution in [3.63, 3.8) is 0 Å². The number of hydrogen-bond donors (Lipinski definition) is 2. The van der Waals surface area contributed by atoms with Crippen molar-refractivity contribution < 1.29 is 32.9 Å². The van der Waals surface area contributed by atoms with Gasteiger partial charge in [-0.25, -0.2) is 0 Å². The molecule has 1 unspecified atom stereocenters. The van der Waals surface area contributed by atoms with Crippen LogP contribution in [-0.2, 0) is 18.4 Å². The number of aliphatic hydroxyl groups excluding tert-OH is 1. The number of rotatable bonds is 31. The van der Waals surface area contributed by atoms with Gasteiger partial charge in [0.1, 0.15) is 13.2 Å². The fourth-order valence-corrected chi connectivity index (χ4v) is 5.58. The zero-order valence-corrected chi connectivity index (χ0v) is 29.6. The van der Waals surface area contributed by atoms with Gasteiger partial charge in [0.05, 0.1) is 39.9 Å². The molecule has 0 aromatic rings. The molecule has 2 N–H and O–H groups in total. The summed E-state index contributed by atoms with van der Waals surface area (Å²) in [6.45, 7) is 4.59. The number of allylic oxidation sites excluding steroid dienone is 1. The van der Waals surface area contributed by atoms with Crippen molar-refractivity contribution in [2.75, 3.05) is 40.9 Å². The highest BCUT2D eigenvalue weighted by Gasteiger charge is 2.23. The zero-order chi connectivity index (χ0) is 32.2. The highest BCUT2D eigenvalue weighted by Crippen LogP contribution is 2.38. The van der Waals surface area contributed by atoms with Crippen molar-refractivity contribution in [3.8, 4) is 0 Å². The van der Waals surface area contributed by atoms with Gasteiger partial charge in [0.2, 0.25) is 5.91 Å². The van der Waals surface area contributed by atoms with E-state index in [2.05, 4.69) is 19.2 Å². The van der Waals surface area contributed by atoms with Crippen molar-refractivity contribution in [2.24, 2.45) is 0 Å². The van der Waals surface area contributed by atoms with Crippen LogP contribution in [0.5, 0.6) is 0 Å². The molecular formula is C34H69N2O6P. The molecule has 0 aliphatic rings. The minimum atomic E-state index is -4.57. The Morgan fingerprint density at radius 2 is 1.26 bits per heavy atom. The molecule has 8 nitrogen and oxygen atoms in total. The van der Waals surface area contributed by atoms with Crippen LogP contribution >= 0.6 is 7.82 Å². The van der Waals surface area contributed by atoms with E-state index in [9.17, 15) is 19.4 Å². The van der Waals surface area contributed by atoms with Crippen LogP contribution in [0.2, 0.25) is 0 Å². The Bertz CT molecular complexity index is 728. The largest absolute Gasteiger partial charge is 0.756 e. The van der Waals surface area contributed by atoms with Crippen molar-refractivity contribution in [1.29, 1.82) is 0 Å². The third-order valence-corrected chi connectivity index (χ3v) is 8.71. The minimum Gasteiger partial charge on any atom is -0.756 e. The molecule has 0 aromatic heterocycles. The second kappa shape index (κ2) is 27.5. The molecule has 0 fully saturated rings. The van der Waals surface area contributed by atoms with E-state index in [1.165, 1.54) is 89.9 Å². The maximum atomic E-state index is 12.7. The highest BCUT2D eigenvalue weighted by molar-refractivity contribution is 7.45. The van der Waals surface area contributed by atoms with Gasteiger partial charge in [-0.05, 0) is 19.3 Å². The average molecular weight is 633 g/mol. The predicted molar refractivity (Wildman–Crippen MR) is 178 cm³/mol. The number of hydrogen-bond acceptors (Lipinski definition) is 6. The highest BCUT2D eigenvalue weighted by atomic mass is 31.2. The van der Waals surface area contributed by atoms with Gasteiger partial charge in [-0.15, -0.1) is 0 Å². The summed E-state index contributed by atoms with van der Waals surface area (Å²) in [6, 6.07) is -0.876. The van der Waals surface area contributed by atoms with Gasteiger partial charge in [0.15, 0.2) is 0 Å². The summed E-state index contributed by atoms with van der Waals surface area (Å²) in [7, 11) is 1.26. The molecule has 9 heteroatoms. The van der Waals surface area contributed by atoms with Crippen LogP contribution < -0.4 is 10.2 Å². The van der Waals surface area contributed by atoms with E-state index in [1.807, 2.05) is 27.2 Å². The molecule has 0 saturated carbocycles. The van der Waals surface area contributed by atoms with Crippen LogP contribution in [0, 0.1) is 0 Å². The first kappa shape index (κ1) is 42.2. The second-order valence-corrected chi connectivity index (χ2v) is 14.6. The number of quaternary nitrogens is 1. The molecule has 0 saturated heterocycles. The number of aliphatic hydroxyl groups is 1. The van der Waals surface area contributed by atoms with Gasteiger partial charge >= 0.3 is 0 Å². The molecular weight excluding hydrogens is 563 g/mol. The summed E-state index contributed by atoms with van der Waals surface area (Å²) >= 11 is 0. The maximum absolute atomic E-state index is 12.7. The van der Waals surface area contributed by atoms with Crippen molar-refractivity contribution >= 4 is 13.7 Å². The molecule has 43 heavy (non-hydrogen) atoms. The molecule has 1 amide bonds. The Hall–Kier alpha value is -0.760. The molecule has 0 rings (SSSR count). The van der Waals surface area contributed by atoms with E-state index >= 15 is 0 Å². The Kier molecular flexibility index (Phi) is 27.1. The predicted octanol–water partition coefficient (Wildman–Crippen LogP) is 7.83. The van der Waals surface area contributed by atoms with Crippen LogP contribution in [0.4, 0.5) is 0 Å². The van der Waals surface area contributed by atoms with Crippen molar-refractivity contribution in [2.45, 2.75) is 161 Å². The Morgan fingerprint density at radius 3 is 1.74 bits per heavy atom.